The molecule has 0 saturated carbocycles. The van der Waals surface area contributed by atoms with Crippen LogP contribution >= 0.6 is 15.9 Å². The van der Waals surface area contributed by atoms with Crippen LogP contribution < -0.4 is 20.2 Å². The van der Waals surface area contributed by atoms with E-state index in [1.165, 1.54) is 13.3 Å². The van der Waals surface area contributed by atoms with E-state index in [2.05, 4.69) is 31.8 Å². The zero-order chi connectivity index (χ0) is 21.4. The third-order valence-corrected chi connectivity index (χ3v) is 4.75. The molecule has 0 unspecified atom stereocenters. The number of benzene rings is 2. The van der Waals surface area contributed by atoms with E-state index in [0.29, 0.717) is 17.1 Å². The first-order valence-electron chi connectivity index (χ1n) is 8.94. The number of aryl methyl sites for hydroxylation is 2. The van der Waals surface area contributed by atoms with Crippen molar-refractivity contribution in [3.05, 3.63) is 51.5 Å². The van der Waals surface area contributed by atoms with Crippen molar-refractivity contribution in [2.75, 3.05) is 19.5 Å². The number of anilines is 1. The summed E-state index contributed by atoms with van der Waals surface area (Å²) in [5, 5.41) is 6.75. The van der Waals surface area contributed by atoms with Gasteiger partial charge in [-0.05, 0) is 47.5 Å². The molecule has 0 spiro atoms. The van der Waals surface area contributed by atoms with Crippen LogP contribution in [0.3, 0.4) is 0 Å². The van der Waals surface area contributed by atoms with E-state index >= 15 is 0 Å². The van der Waals surface area contributed by atoms with Crippen molar-refractivity contribution in [1.82, 2.24) is 5.43 Å². The smallest absolute Gasteiger partial charge is 0.240 e. The minimum absolute atomic E-state index is 0.0253. The number of nitrogens with one attached hydrogen (secondary N) is 2. The molecule has 0 fully saturated rings. The summed E-state index contributed by atoms with van der Waals surface area (Å²) in [6.07, 6.45) is 1.56. The van der Waals surface area contributed by atoms with Gasteiger partial charge in [0.15, 0.2) is 0 Å². The molecule has 2 aromatic carbocycles. The van der Waals surface area contributed by atoms with Gasteiger partial charge in [-0.3, -0.25) is 9.59 Å². The zero-order valence-electron chi connectivity index (χ0n) is 16.8. The van der Waals surface area contributed by atoms with Gasteiger partial charge in [-0.2, -0.15) is 5.10 Å². The van der Waals surface area contributed by atoms with Crippen molar-refractivity contribution in [2.45, 2.75) is 26.7 Å². The van der Waals surface area contributed by atoms with E-state index in [4.69, 9.17) is 9.47 Å². The summed E-state index contributed by atoms with van der Waals surface area (Å²) in [5.74, 6) is 0.592. The highest BCUT2D eigenvalue weighted by atomic mass is 79.9. The number of carbonyl (C=O) groups is 2. The van der Waals surface area contributed by atoms with Crippen molar-refractivity contribution < 1.29 is 19.1 Å². The summed E-state index contributed by atoms with van der Waals surface area (Å²) in [6, 6.07) is 9.25. The molecule has 0 heterocycles. The lowest BCUT2D eigenvalue weighted by atomic mass is 10.1. The van der Waals surface area contributed by atoms with Gasteiger partial charge in [0.25, 0.3) is 0 Å². The third-order valence-electron chi connectivity index (χ3n) is 4.13. The number of halogens is 1. The number of nitrogens with zero attached hydrogens (tertiary/aromatic N) is 1. The Morgan fingerprint density at radius 3 is 2.38 bits per heavy atom. The fraction of sp³-hybridized carbons (Fsp3) is 0.286. The predicted octanol–water partition coefficient (Wildman–Crippen LogP) is 3.95. The number of hydrazone groups is 1. The first-order chi connectivity index (χ1) is 13.8. The number of hydrogen-bond donors (Lipinski definition) is 2. The van der Waals surface area contributed by atoms with E-state index in [1.807, 2.05) is 32.0 Å². The molecule has 2 rings (SSSR count). The number of carbonyl (C=O) groups excluding carboxylic acids is 2. The topological polar surface area (TPSA) is 89.0 Å². The maximum atomic E-state index is 12.1. The molecular weight excluding hydrogens is 438 g/mol. The van der Waals surface area contributed by atoms with Crippen molar-refractivity contribution in [2.24, 2.45) is 5.10 Å². The molecular formula is C21H24BrN3O4. The number of amides is 2. The summed E-state index contributed by atoms with van der Waals surface area (Å²) < 4.78 is 11.2. The first kappa shape index (κ1) is 22.4. The Kier molecular flexibility index (Phi) is 8.21. The molecule has 0 aliphatic rings. The van der Waals surface area contributed by atoms with E-state index in [0.717, 1.165) is 21.3 Å². The average Bonchev–Trinajstić information content (AvgIpc) is 2.68. The highest BCUT2D eigenvalue weighted by Gasteiger charge is 2.10. The largest absolute Gasteiger partial charge is 0.496 e. The molecule has 0 atom stereocenters. The molecule has 2 amide bonds. The normalized spacial score (nSPS) is 10.7. The summed E-state index contributed by atoms with van der Waals surface area (Å²) in [7, 11) is 3.09. The summed E-state index contributed by atoms with van der Waals surface area (Å²) >= 11 is 3.39. The molecule has 8 heteroatoms. The molecule has 0 bridgehead atoms. The van der Waals surface area contributed by atoms with Crippen LogP contribution in [0.15, 0.2) is 39.9 Å². The molecule has 154 valence electrons. The SMILES string of the molecule is COc1cc(OC)c(C=NNC(=O)CCC(=O)Nc2ccc(C)cc2C)cc1Br. The van der Waals surface area contributed by atoms with Crippen molar-refractivity contribution in [3.8, 4) is 11.5 Å². The lowest BCUT2D eigenvalue weighted by Gasteiger charge is -2.09. The Labute approximate surface area is 178 Å². The van der Waals surface area contributed by atoms with Crippen LogP contribution in [0.25, 0.3) is 0 Å². The lowest BCUT2D eigenvalue weighted by molar-refractivity contribution is -0.124. The quantitative estimate of drug-likeness (QED) is 0.459. The van der Waals surface area contributed by atoms with Crippen LogP contribution in [0.5, 0.6) is 11.5 Å². The second-order valence-electron chi connectivity index (χ2n) is 6.39. The van der Waals surface area contributed by atoms with Crippen LogP contribution in [0.4, 0.5) is 5.69 Å². The van der Waals surface area contributed by atoms with E-state index in [-0.39, 0.29) is 24.7 Å². The predicted molar refractivity (Wildman–Crippen MR) is 117 cm³/mol. The van der Waals surface area contributed by atoms with Gasteiger partial charge in [0, 0.05) is 30.2 Å². The molecule has 2 aromatic rings. The lowest BCUT2D eigenvalue weighted by Crippen LogP contribution is -2.21. The molecule has 2 N–H and O–H groups in total. The second kappa shape index (κ2) is 10.6. The maximum Gasteiger partial charge on any atom is 0.240 e. The molecule has 0 aliphatic heterocycles. The number of hydrogen-bond acceptors (Lipinski definition) is 5. The van der Waals surface area contributed by atoms with E-state index in [1.54, 1.807) is 19.2 Å². The van der Waals surface area contributed by atoms with Crippen LogP contribution in [0.2, 0.25) is 0 Å². The second-order valence-corrected chi connectivity index (χ2v) is 7.24. The van der Waals surface area contributed by atoms with Crippen molar-refractivity contribution in [3.63, 3.8) is 0 Å². The van der Waals surface area contributed by atoms with Crippen molar-refractivity contribution >= 4 is 39.6 Å². The molecule has 29 heavy (non-hydrogen) atoms. The van der Waals surface area contributed by atoms with Gasteiger partial charge in [-0.25, -0.2) is 5.43 Å². The number of methoxy groups -OCH3 is 2. The Balaban J connectivity index is 1.86. The molecule has 0 saturated heterocycles. The van der Waals surface area contributed by atoms with Crippen molar-refractivity contribution in [1.29, 1.82) is 0 Å². The minimum atomic E-state index is -0.358. The van der Waals surface area contributed by atoms with Gasteiger partial charge in [-0.15, -0.1) is 0 Å². The fourth-order valence-electron chi connectivity index (χ4n) is 2.61. The zero-order valence-corrected chi connectivity index (χ0v) is 18.4. The highest BCUT2D eigenvalue weighted by Crippen LogP contribution is 2.31. The third kappa shape index (κ3) is 6.60. The standard InChI is InChI=1S/C21H24BrN3O4/c1-13-5-6-17(14(2)9-13)24-20(26)7-8-21(27)25-23-12-15-10-16(22)19(29-4)11-18(15)28-3/h5-6,9-12H,7-8H2,1-4H3,(H,24,26)(H,25,27). The summed E-state index contributed by atoms with van der Waals surface area (Å²) in [4.78, 5) is 24.0. The Bertz CT molecular complexity index is 928. The highest BCUT2D eigenvalue weighted by molar-refractivity contribution is 9.10. The van der Waals surface area contributed by atoms with E-state index in [9.17, 15) is 9.59 Å². The van der Waals surface area contributed by atoms with Gasteiger partial charge in [0.05, 0.1) is 24.9 Å². The van der Waals surface area contributed by atoms with Gasteiger partial charge < -0.3 is 14.8 Å². The van der Waals surface area contributed by atoms with Crippen LogP contribution in [-0.2, 0) is 9.59 Å². The van der Waals surface area contributed by atoms with Gasteiger partial charge in [0.1, 0.15) is 11.5 Å². The Hall–Kier alpha value is -2.87. The Morgan fingerprint density at radius 2 is 1.72 bits per heavy atom. The Morgan fingerprint density at radius 1 is 1.03 bits per heavy atom. The van der Waals surface area contributed by atoms with Crippen LogP contribution in [0.1, 0.15) is 29.5 Å². The average molecular weight is 462 g/mol. The van der Waals surface area contributed by atoms with Gasteiger partial charge in [-0.1, -0.05) is 17.7 Å². The molecule has 0 aromatic heterocycles. The van der Waals surface area contributed by atoms with Gasteiger partial charge >= 0.3 is 0 Å². The van der Waals surface area contributed by atoms with Gasteiger partial charge in [0.2, 0.25) is 11.8 Å². The maximum absolute atomic E-state index is 12.1. The van der Waals surface area contributed by atoms with Crippen LogP contribution in [-0.4, -0.2) is 32.2 Å². The van der Waals surface area contributed by atoms with E-state index < -0.39 is 0 Å². The summed E-state index contributed by atoms with van der Waals surface area (Å²) in [6.45, 7) is 3.92. The number of rotatable bonds is 8. The fourth-order valence-corrected chi connectivity index (χ4v) is 3.13. The van der Waals surface area contributed by atoms with Crippen LogP contribution in [0, 0.1) is 13.8 Å². The molecule has 7 nitrogen and oxygen atoms in total. The number of ether oxygens (including phenoxy) is 2. The first-order valence-corrected chi connectivity index (χ1v) is 9.74. The molecule has 0 aliphatic carbocycles. The minimum Gasteiger partial charge on any atom is -0.496 e. The summed E-state index contributed by atoms with van der Waals surface area (Å²) in [5.41, 5.74) is 5.93. The molecule has 0 radical (unpaired) electrons. The monoisotopic (exact) mass is 461 g/mol.